The molecule has 4 heteroatoms. The monoisotopic (exact) mass is 251 g/mol. The van der Waals surface area contributed by atoms with Gasteiger partial charge in [0.15, 0.2) is 0 Å². The number of carboxylic acid groups (broad SMARTS) is 1. The summed E-state index contributed by atoms with van der Waals surface area (Å²) < 4.78 is 0. The van der Waals surface area contributed by atoms with Gasteiger partial charge in [-0.2, -0.15) is 0 Å². The van der Waals surface area contributed by atoms with E-state index in [1.807, 2.05) is 0 Å². The summed E-state index contributed by atoms with van der Waals surface area (Å²) in [6, 6.07) is 4.78. The first-order chi connectivity index (χ1) is 8.25. The molecule has 0 bridgehead atoms. The highest BCUT2D eigenvalue weighted by Gasteiger charge is 2.40. The predicted octanol–water partition coefficient (Wildman–Crippen LogP) is 2.61. The molecule has 1 saturated heterocycles. The maximum absolute atomic E-state index is 11.0. The van der Waals surface area contributed by atoms with Crippen LogP contribution in [0.15, 0.2) is 17.5 Å². The van der Waals surface area contributed by atoms with Crippen LogP contribution in [0.1, 0.15) is 30.2 Å². The summed E-state index contributed by atoms with van der Waals surface area (Å²) >= 11 is 1.81. The molecule has 1 aromatic heterocycles. The molecule has 1 N–H and O–H groups in total. The highest BCUT2D eigenvalue weighted by atomic mass is 32.1. The maximum atomic E-state index is 11.0. The summed E-state index contributed by atoms with van der Waals surface area (Å²) in [6.45, 7) is 1.67. The number of hydrogen-bond acceptors (Lipinski definition) is 3. The van der Waals surface area contributed by atoms with Crippen LogP contribution in [0.4, 0.5) is 0 Å². The molecule has 2 unspecified atom stereocenters. The van der Waals surface area contributed by atoms with Crippen LogP contribution in [0, 0.1) is 11.8 Å². The van der Waals surface area contributed by atoms with E-state index in [2.05, 4.69) is 22.4 Å². The Morgan fingerprint density at radius 3 is 2.82 bits per heavy atom. The SMILES string of the molecule is O=C(O)C1CCN(C(c2cccs2)C2CC2)C1. The van der Waals surface area contributed by atoms with Gasteiger partial charge >= 0.3 is 5.97 Å². The Balaban J connectivity index is 1.75. The third kappa shape index (κ3) is 2.24. The fraction of sp³-hybridized carbons (Fsp3) is 0.615. The Morgan fingerprint density at radius 2 is 2.29 bits per heavy atom. The zero-order valence-corrected chi connectivity index (χ0v) is 10.5. The van der Waals surface area contributed by atoms with Gasteiger partial charge in [0.1, 0.15) is 0 Å². The van der Waals surface area contributed by atoms with Gasteiger partial charge in [0.05, 0.1) is 5.92 Å². The van der Waals surface area contributed by atoms with Gasteiger partial charge in [0, 0.05) is 17.5 Å². The van der Waals surface area contributed by atoms with E-state index in [0.717, 1.165) is 25.4 Å². The first-order valence-corrected chi connectivity index (χ1v) is 7.14. The summed E-state index contributed by atoms with van der Waals surface area (Å²) in [7, 11) is 0. The van der Waals surface area contributed by atoms with E-state index >= 15 is 0 Å². The smallest absolute Gasteiger partial charge is 0.307 e. The number of hydrogen-bond donors (Lipinski definition) is 1. The van der Waals surface area contributed by atoms with E-state index < -0.39 is 5.97 Å². The number of likely N-dealkylation sites (tertiary alicyclic amines) is 1. The Kier molecular flexibility index (Phi) is 2.92. The predicted molar refractivity (Wildman–Crippen MR) is 67.1 cm³/mol. The second kappa shape index (κ2) is 4.42. The normalized spacial score (nSPS) is 27.2. The minimum atomic E-state index is -0.631. The molecular formula is C13H17NO2S. The van der Waals surface area contributed by atoms with Crippen molar-refractivity contribution < 1.29 is 9.90 Å². The molecule has 1 aliphatic heterocycles. The number of rotatable bonds is 4. The molecule has 3 nitrogen and oxygen atoms in total. The number of aliphatic carboxylic acids is 1. The van der Waals surface area contributed by atoms with Crippen molar-refractivity contribution in [2.45, 2.75) is 25.3 Å². The molecule has 2 atom stereocenters. The van der Waals surface area contributed by atoms with Gasteiger partial charge in [-0.05, 0) is 43.2 Å². The third-order valence-electron chi connectivity index (χ3n) is 3.87. The Hall–Kier alpha value is -0.870. The summed E-state index contributed by atoms with van der Waals surface area (Å²) in [5, 5.41) is 11.2. The number of carbonyl (C=O) groups is 1. The van der Waals surface area contributed by atoms with Crippen LogP contribution in [-0.2, 0) is 4.79 Å². The van der Waals surface area contributed by atoms with Crippen molar-refractivity contribution in [3.05, 3.63) is 22.4 Å². The molecule has 92 valence electrons. The van der Waals surface area contributed by atoms with Crippen molar-refractivity contribution in [2.75, 3.05) is 13.1 Å². The van der Waals surface area contributed by atoms with Crippen LogP contribution in [0.3, 0.4) is 0 Å². The lowest BCUT2D eigenvalue weighted by Gasteiger charge is -2.26. The number of nitrogens with zero attached hydrogens (tertiary/aromatic N) is 1. The fourth-order valence-electron chi connectivity index (χ4n) is 2.82. The molecule has 17 heavy (non-hydrogen) atoms. The van der Waals surface area contributed by atoms with Crippen molar-refractivity contribution in [3.8, 4) is 0 Å². The zero-order chi connectivity index (χ0) is 11.8. The van der Waals surface area contributed by atoms with Gasteiger partial charge in [-0.3, -0.25) is 9.69 Å². The first-order valence-electron chi connectivity index (χ1n) is 6.26. The van der Waals surface area contributed by atoms with Crippen LogP contribution in [-0.4, -0.2) is 29.1 Å². The number of thiophene rings is 1. The van der Waals surface area contributed by atoms with Crippen molar-refractivity contribution >= 4 is 17.3 Å². The zero-order valence-electron chi connectivity index (χ0n) is 9.71. The van der Waals surface area contributed by atoms with Gasteiger partial charge < -0.3 is 5.11 Å². The molecule has 2 fully saturated rings. The molecular weight excluding hydrogens is 234 g/mol. The highest BCUT2D eigenvalue weighted by molar-refractivity contribution is 7.10. The van der Waals surface area contributed by atoms with E-state index in [1.165, 1.54) is 17.7 Å². The first kappa shape index (κ1) is 11.2. The lowest BCUT2D eigenvalue weighted by molar-refractivity contribution is -0.141. The molecule has 0 amide bonds. The topological polar surface area (TPSA) is 40.5 Å². The van der Waals surface area contributed by atoms with Gasteiger partial charge in [-0.25, -0.2) is 0 Å². The Bertz CT molecular complexity index is 400. The second-order valence-corrected chi connectivity index (χ2v) is 6.10. The lowest BCUT2D eigenvalue weighted by atomic mass is 10.1. The van der Waals surface area contributed by atoms with Crippen LogP contribution >= 0.6 is 11.3 Å². The van der Waals surface area contributed by atoms with E-state index in [4.69, 9.17) is 5.11 Å². The van der Waals surface area contributed by atoms with Crippen molar-refractivity contribution in [3.63, 3.8) is 0 Å². The van der Waals surface area contributed by atoms with Crippen LogP contribution in [0.25, 0.3) is 0 Å². The molecule has 0 radical (unpaired) electrons. The van der Waals surface area contributed by atoms with E-state index in [-0.39, 0.29) is 5.92 Å². The molecule has 1 aromatic rings. The third-order valence-corrected chi connectivity index (χ3v) is 4.81. The molecule has 2 heterocycles. The van der Waals surface area contributed by atoms with Gasteiger partial charge in [-0.15, -0.1) is 11.3 Å². The van der Waals surface area contributed by atoms with Crippen molar-refractivity contribution in [1.82, 2.24) is 4.90 Å². The molecule has 1 aliphatic carbocycles. The van der Waals surface area contributed by atoms with E-state index in [1.54, 1.807) is 11.3 Å². The van der Waals surface area contributed by atoms with Gasteiger partial charge in [-0.1, -0.05) is 6.07 Å². The van der Waals surface area contributed by atoms with E-state index in [0.29, 0.717) is 6.04 Å². The van der Waals surface area contributed by atoms with E-state index in [9.17, 15) is 4.79 Å². The molecule has 3 rings (SSSR count). The van der Waals surface area contributed by atoms with Gasteiger partial charge in [0.2, 0.25) is 0 Å². The van der Waals surface area contributed by atoms with Crippen molar-refractivity contribution in [1.29, 1.82) is 0 Å². The summed E-state index contributed by atoms with van der Waals surface area (Å²) in [4.78, 5) is 14.8. The van der Waals surface area contributed by atoms with Crippen molar-refractivity contribution in [2.24, 2.45) is 11.8 Å². The maximum Gasteiger partial charge on any atom is 0.307 e. The van der Waals surface area contributed by atoms with Crippen LogP contribution < -0.4 is 0 Å². The van der Waals surface area contributed by atoms with Crippen LogP contribution in [0.2, 0.25) is 0 Å². The standard InChI is InChI=1S/C13H17NO2S/c15-13(16)10-5-6-14(8-10)12(9-3-4-9)11-2-1-7-17-11/h1-2,7,9-10,12H,3-6,8H2,(H,15,16). The largest absolute Gasteiger partial charge is 0.481 e. The highest BCUT2D eigenvalue weighted by Crippen LogP contribution is 2.47. The molecule has 2 aliphatic rings. The molecule has 1 saturated carbocycles. The molecule has 0 aromatic carbocycles. The average molecular weight is 251 g/mol. The summed E-state index contributed by atoms with van der Waals surface area (Å²) in [6.07, 6.45) is 3.41. The van der Waals surface area contributed by atoms with Crippen LogP contribution in [0.5, 0.6) is 0 Å². The second-order valence-electron chi connectivity index (χ2n) is 5.12. The minimum Gasteiger partial charge on any atom is -0.481 e. The van der Waals surface area contributed by atoms with Gasteiger partial charge in [0.25, 0.3) is 0 Å². The summed E-state index contributed by atoms with van der Waals surface area (Å²) in [5.74, 6) is -0.0226. The minimum absolute atomic E-state index is 0.156. The Labute approximate surface area is 105 Å². The Morgan fingerprint density at radius 1 is 1.47 bits per heavy atom. The fourth-order valence-corrected chi connectivity index (χ4v) is 3.78. The lowest BCUT2D eigenvalue weighted by Crippen LogP contribution is -2.28. The average Bonchev–Trinajstić information content (AvgIpc) is 2.83. The quantitative estimate of drug-likeness (QED) is 0.894. The number of carboxylic acids is 1. The molecule has 0 spiro atoms. The summed E-state index contributed by atoms with van der Waals surface area (Å²) in [5.41, 5.74) is 0.